The molecule has 3 atom stereocenters. The molecule has 2 fully saturated rings. The summed E-state index contributed by atoms with van der Waals surface area (Å²) in [6.07, 6.45) is 2.62. The van der Waals surface area contributed by atoms with Crippen molar-refractivity contribution in [2.24, 2.45) is 11.8 Å². The second kappa shape index (κ2) is 12.7. The van der Waals surface area contributed by atoms with Crippen LogP contribution in [-0.2, 0) is 19.1 Å². The van der Waals surface area contributed by atoms with Crippen LogP contribution in [0.15, 0.2) is 54.6 Å². The molecule has 0 spiro atoms. The highest BCUT2D eigenvalue weighted by Gasteiger charge is 2.42. The molecule has 198 valence electrons. The summed E-state index contributed by atoms with van der Waals surface area (Å²) in [5.74, 6) is 0.821. The third kappa shape index (κ3) is 7.32. The maximum absolute atomic E-state index is 12.7. The summed E-state index contributed by atoms with van der Waals surface area (Å²) in [5, 5.41) is 2.94. The van der Waals surface area contributed by atoms with Gasteiger partial charge >= 0.3 is 12.1 Å². The van der Waals surface area contributed by atoms with Crippen LogP contribution in [0.2, 0.25) is 0 Å². The van der Waals surface area contributed by atoms with Crippen LogP contribution in [0.4, 0.5) is 10.5 Å². The highest BCUT2D eigenvalue weighted by molar-refractivity contribution is 5.91. The summed E-state index contributed by atoms with van der Waals surface area (Å²) >= 11 is 0. The van der Waals surface area contributed by atoms with Crippen LogP contribution in [0.3, 0.4) is 0 Å². The molecule has 2 aromatic carbocycles. The molecule has 1 saturated carbocycles. The number of esters is 1. The molecule has 1 aliphatic carbocycles. The Bertz CT molecular complexity index is 1060. The standard InChI is InChI=1S/C29H37N3O5/c1-31(15-8-13-28(34)36-2)27(33)14-16-32-19-22-17-24(18-23(22)20-32)37-29(35)30-26-12-7-6-11-25(26)21-9-4-3-5-10-21/h3-7,9-12,22-24H,8,13-20H2,1-2H3,(H,30,35)/t22-,23?,24?/m1/s1. The van der Waals surface area contributed by atoms with E-state index in [1.165, 1.54) is 7.11 Å². The number of nitrogens with one attached hydrogen (secondary N) is 1. The third-order valence-electron chi connectivity index (χ3n) is 7.48. The number of amides is 2. The summed E-state index contributed by atoms with van der Waals surface area (Å²) in [4.78, 5) is 40.4. The van der Waals surface area contributed by atoms with Crippen molar-refractivity contribution >= 4 is 23.7 Å². The fourth-order valence-corrected chi connectivity index (χ4v) is 5.50. The van der Waals surface area contributed by atoms with Gasteiger partial charge < -0.3 is 19.3 Å². The van der Waals surface area contributed by atoms with E-state index in [2.05, 4.69) is 15.0 Å². The van der Waals surface area contributed by atoms with E-state index < -0.39 is 6.09 Å². The lowest BCUT2D eigenvalue weighted by atomic mass is 10.0. The number of likely N-dealkylation sites (tertiary alicyclic amines) is 1. The third-order valence-corrected chi connectivity index (χ3v) is 7.48. The van der Waals surface area contributed by atoms with E-state index >= 15 is 0 Å². The van der Waals surface area contributed by atoms with Crippen molar-refractivity contribution in [1.29, 1.82) is 0 Å². The van der Waals surface area contributed by atoms with Crippen molar-refractivity contribution in [3.63, 3.8) is 0 Å². The first-order valence-corrected chi connectivity index (χ1v) is 13.1. The quantitative estimate of drug-likeness (QED) is 0.479. The van der Waals surface area contributed by atoms with Gasteiger partial charge in [0.25, 0.3) is 0 Å². The van der Waals surface area contributed by atoms with Crippen LogP contribution in [0.5, 0.6) is 0 Å². The van der Waals surface area contributed by atoms with Gasteiger partial charge in [0.05, 0.1) is 12.8 Å². The number of carbonyl (C=O) groups is 3. The first-order chi connectivity index (χ1) is 17.9. The summed E-state index contributed by atoms with van der Waals surface area (Å²) in [5.41, 5.74) is 2.74. The maximum Gasteiger partial charge on any atom is 0.411 e. The molecule has 0 aromatic heterocycles. The zero-order valence-corrected chi connectivity index (χ0v) is 21.7. The Hall–Kier alpha value is -3.39. The Labute approximate surface area is 218 Å². The van der Waals surface area contributed by atoms with Crippen LogP contribution in [0.1, 0.15) is 32.1 Å². The predicted octanol–water partition coefficient (Wildman–Crippen LogP) is 4.41. The number of carbonyl (C=O) groups excluding carboxylic acids is 3. The topological polar surface area (TPSA) is 88.2 Å². The van der Waals surface area contributed by atoms with Gasteiger partial charge in [-0.1, -0.05) is 48.5 Å². The van der Waals surface area contributed by atoms with E-state index in [1.807, 2.05) is 54.6 Å². The zero-order valence-electron chi connectivity index (χ0n) is 21.7. The molecular weight excluding hydrogens is 470 g/mol. The number of benzene rings is 2. The minimum atomic E-state index is -0.411. The van der Waals surface area contributed by atoms with Crippen molar-refractivity contribution in [2.75, 3.05) is 45.7 Å². The fraction of sp³-hybridized carbons (Fsp3) is 0.483. The lowest BCUT2D eigenvalue weighted by Gasteiger charge is -2.21. The zero-order chi connectivity index (χ0) is 26.2. The van der Waals surface area contributed by atoms with E-state index in [1.54, 1.807) is 11.9 Å². The van der Waals surface area contributed by atoms with E-state index in [9.17, 15) is 14.4 Å². The van der Waals surface area contributed by atoms with Crippen molar-refractivity contribution in [2.45, 2.75) is 38.2 Å². The molecule has 1 aliphatic heterocycles. The molecule has 1 saturated heterocycles. The minimum Gasteiger partial charge on any atom is -0.469 e. The van der Waals surface area contributed by atoms with Crippen LogP contribution in [-0.4, -0.2) is 74.2 Å². The summed E-state index contributed by atoms with van der Waals surface area (Å²) in [7, 11) is 3.15. The van der Waals surface area contributed by atoms with Crippen molar-refractivity contribution in [1.82, 2.24) is 9.80 Å². The number of hydrogen-bond acceptors (Lipinski definition) is 6. The fourth-order valence-electron chi connectivity index (χ4n) is 5.50. The molecule has 37 heavy (non-hydrogen) atoms. The summed E-state index contributed by atoms with van der Waals surface area (Å²) < 4.78 is 10.4. The highest BCUT2D eigenvalue weighted by atomic mass is 16.6. The molecule has 0 radical (unpaired) electrons. The number of anilines is 1. The molecule has 8 nitrogen and oxygen atoms in total. The van der Waals surface area contributed by atoms with E-state index in [0.29, 0.717) is 37.6 Å². The number of methoxy groups -OCH3 is 1. The first kappa shape index (κ1) is 26.7. The Morgan fingerprint density at radius 1 is 0.973 bits per heavy atom. The Morgan fingerprint density at radius 3 is 2.35 bits per heavy atom. The maximum atomic E-state index is 12.7. The molecule has 4 rings (SSSR count). The van der Waals surface area contributed by atoms with Crippen molar-refractivity contribution in [3.05, 3.63) is 54.6 Å². The Morgan fingerprint density at radius 2 is 1.65 bits per heavy atom. The number of fused-ring (bicyclic) bond motifs is 1. The second-order valence-corrected chi connectivity index (χ2v) is 10.1. The molecular formula is C29H37N3O5. The molecule has 8 heteroatoms. The largest absolute Gasteiger partial charge is 0.469 e. The minimum absolute atomic E-state index is 0.0800. The number of hydrogen-bond donors (Lipinski definition) is 1. The molecule has 1 N–H and O–H groups in total. The molecule has 2 aliphatic rings. The van der Waals surface area contributed by atoms with Gasteiger partial charge in [0, 0.05) is 51.6 Å². The van der Waals surface area contributed by atoms with Crippen LogP contribution < -0.4 is 5.32 Å². The van der Waals surface area contributed by atoms with Crippen LogP contribution in [0, 0.1) is 11.8 Å². The lowest BCUT2D eigenvalue weighted by Crippen LogP contribution is -2.33. The normalized spacial score (nSPS) is 20.8. The molecule has 2 unspecified atom stereocenters. The smallest absolute Gasteiger partial charge is 0.411 e. The predicted molar refractivity (Wildman–Crippen MR) is 142 cm³/mol. The van der Waals surface area contributed by atoms with Gasteiger partial charge in [0.1, 0.15) is 6.10 Å². The van der Waals surface area contributed by atoms with Gasteiger partial charge in [-0.05, 0) is 42.7 Å². The van der Waals surface area contributed by atoms with Gasteiger partial charge in [-0.3, -0.25) is 14.9 Å². The number of ether oxygens (including phenoxy) is 2. The second-order valence-electron chi connectivity index (χ2n) is 10.1. The van der Waals surface area contributed by atoms with Crippen LogP contribution >= 0.6 is 0 Å². The lowest BCUT2D eigenvalue weighted by molar-refractivity contribution is -0.141. The number of para-hydroxylation sites is 1. The Kier molecular flexibility index (Phi) is 9.17. The van der Waals surface area contributed by atoms with Gasteiger partial charge in [0.15, 0.2) is 0 Å². The van der Waals surface area contributed by atoms with Gasteiger partial charge in [-0.2, -0.15) is 0 Å². The number of rotatable bonds is 10. The van der Waals surface area contributed by atoms with E-state index in [0.717, 1.165) is 49.3 Å². The summed E-state index contributed by atoms with van der Waals surface area (Å²) in [6.45, 7) is 3.15. The monoisotopic (exact) mass is 507 g/mol. The average molecular weight is 508 g/mol. The van der Waals surface area contributed by atoms with Gasteiger partial charge in [-0.25, -0.2) is 4.79 Å². The molecule has 2 aromatic rings. The molecule has 2 amide bonds. The molecule has 1 heterocycles. The van der Waals surface area contributed by atoms with Crippen molar-refractivity contribution in [3.8, 4) is 11.1 Å². The van der Waals surface area contributed by atoms with Gasteiger partial charge in [0.2, 0.25) is 5.91 Å². The first-order valence-electron chi connectivity index (χ1n) is 13.1. The van der Waals surface area contributed by atoms with Crippen LogP contribution in [0.25, 0.3) is 11.1 Å². The summed E-state index contributed by atoms with van der Waals surface area (Å²) in [6, 6.07) is 17.7. The van der Waals surface area contributed by atoms with E-state index in [-0.39, 0.29) is 18.0 Å². The SMILES string of the molecule is COC(=O)CCCN(C)C(=O)CCN1CC2CC(OC(=O)Nc3ccccc3-c3ccccc3)C[C@@H]2C1. The van der Waals surface area contributed by atoms with Gasteiger partial charge in [-0.15, -0.1) is 0 Å². The van der Waals surface area contributed by atoms with Crippen molar-refractivity contribution < 1.29 is 23.9 Å². The Balaban J connectivity index is 1.18. The highest BCUT2D eigenvalue weighted by Crippen LogP contribution is 2.39. The average Bonchev–Trinajstić information content (AvgIpc) is 3.45. The van der Waals surface area contributed by atoms with E-state index in [4.69, 9.17) is 4.74 Å². The molecule has 0 bridgehead atoms. The number of nitrogens with zero attached hydrogens (tertiary/aromatic N) is 2.